The van der Waals surface area contributed by atoms with Crippen LogP contribution in [0.1, 0.15) is 32.7 Å². The highest BCUT2D eigenvalue weighted by molar-refractivity contribution is 6.04. The number of carbonyl (C=O) groups is 2. The van der Waals surface area contributed by atoms with Crippen LogP contribution in [0.4, 0.5) is 11.4 Å². The van der Waals surface area contributed by atoms with Gasteiger partial charge in [-0.15, -0.1) is 0 Å². The van der Waals surface area contributed by atoms with E-state index in [9.17, 15) is 9.59 Å². The number of hydrogen-bond acceptors (Lipinski definition) is 5. The molecule has 7 heteroatoms. The van der Waals surface area contributed by atoms with Gasteiger partial charge in [-0.25, -0.2) is 0 Å². The summed E-state index contributed by atoms with van der Waals surface area (Å²) in [5, 5.41) is 11.8. The first-order chi connectivity index (χ1) is 15.6. The predicted molar refractivity (Wildman–Crippen MR) is 123 cm³/mol. The molecule has 1 fully saturated rings. The van der Waals surface area contributed by atoms with Gasteiger partial charge in [0.25, 0.3) is 11.8 Å². The van der Waals surface area contributed by atoms with E-state index in [1.807, 2.05) is 29.2 Å². The molecule has 160 valence electrons. The van der Waals surface area contributed by atoms with Gasteiger partial charge in [0, 0.05) is 55.5 Å². The summed E-state index contributed by atoms with van der Waals surface area (Å²) in [5.74, 6) is -0.320. The van der Waals surface area contributed by atoms with E-state index in [1.54, 1.807) is 42.6 Å². The van der Waals surface area contributed by atoms with Gasteiger partial charge in [-0.1, -0.05) is 6.07 Å². The Morgan fingerprint density at radius 2 is 1.75 bits per heavy atom. The van der Waals surface area contributed by atoms with Crippen LogP contribution in [0.15, 0.2) is 73.1 Å². The summed E-state index contributed by atoms with van der Waals surface area (Å²) in [7, 11) is 0. The second kappa shape index (κ2) is 9.75. The number of rotatable bonds is 4. The zero-order valence-electron chi connectivity index (χ0n) is 17.6. The number of amides is 2. The SMILES string of the molecule is N#Cc1ccc(N2CCCN(C(=O)c3cccc(NC(=O)c4cccnc4)c3)CC2)cc1. The topological polar surface area (TPSA) is 89.3 Å². The van der Waals surface area contributed by atoms with Gasteiger partial charge < -0.3 is 15.1 Å². The molecule has 7 nitrogen and oxygen atoms in total. The summed E-state index contributed by atoms with van der Waals surface area (Å²) >= 11 is 0. The maximum absolute atomic E-state index is 13.1. The van der Waals surface area contributed by atoms with E-state index in [2.05, 4.69) is 21.3 Å². The molecule has 0 bridgehead atoms. The largest absolute Gasteiger partial charge is 0.370 e. The van der Waals surface area contributed by atoms with Crippen LogP contribution in [-0.2, 0) is 0 Å². The molecule has 4 rings (SSSR count). The summed E-state index contributed by atoms with van der Waals surface area (Å²) in [4.78, 5) is 33.6. The van der Waals surface area contributed by atoms with Crippen molar-refractivity contribution in [3.63, 3.8) is 0 Å². The van der Waals surface area contributed by atoms with Crippen LogP contribution >= 0.6 is 0 Å². The number of pyridine rings is 1. The zero-order valence-corrected chi connectivity index (χ0v) is 17.6. The van der Waals surface area contributed by atoms with E-state index >= 15 is 0 Å². The van der Waals surface area contributed by atoms with E-state index in [4.69, 9.17) is 5.26 Å². The normalized spacial score (nSPS) is 13.7. The van der Waals surface area contributed by atoms with Crippen molar-refractivity contribution in [1.82, 2.24) is 9.88 Å². The Hall–Kier alpha value is -4.18. The van der Waals surface area contributed by atoms with Gasteiger partial charge in [0.15, 0.2) is 0 Å². The number of nitriles is 1. The van der Waals surface area contributed by atoms with Crippen molar-refractivity contribution in [1.29, 1.82) is 5.26 Å². The molecule has 2 amide bonds. The Labute approximate surface area is 186 Å². The molecular formula is C25H23N5O2. The van der Waals surface area contributed by atoms with Crippen LogP contribution in [-0.4, -0.2) is 47.9 Å². The van der Waals surface area contributed by atoms with Crippen molar-refractivity contribution in [2.75, 3.05) is 36.4 Å². The molecule has 1 aliphatic heterocycles. The zero-order chi connectivity index (χ0) is 22.3. The van der Waals surface area contributed by atoms with E-state index in [0.29, 0.717) is 35.5 Å². The molecule has 0 saturated carbocycles. The van der Waals surface area contributed by atoms with Gasteiger partial charge in [0.05, 0.1) is 17.2 Å². The summed E-state index contributed by atoms with van der Waals surface area (Å²) in [6.45, 7) is 2.83. The Kier molecular flexibility index (Phi) is 6.42. The smallest absolute Gasteiger partial charge is 0.257 e. The van der Waals surface area contributed by atoms with E-state index in [-0.39, 0.29) is 11.8 Å². The van der Waals surface area contributed by atoms with Crippen LogP contribution in [0.5, 0.6) is 0 Å². The molecule has 1 aromatic heterocycles. The molecule has 1 saturated heterocycles. The number of benzene rings is 2. The first kappa shape index (κ1) is 21.1. The Morgan fingerprint density at radius 3 is 2.50 bits per heavy atom. The molecule has 0 radical (unpaired) electrons. The van der Waals surface area contributed by atoms with Gasteiger partial charge in [-0.3, -0.25) is 14.6 Å². The quantitative estimate of drug-likeness (QED) is 0.690. The van der Waals surface area contributed by atoms with Gasteiger partial charge in [0.1, 0.15) is 0 Å². The number of anilines is 2. The van der Waals surface area contributed by atoms with Crippen LogP contribution in [0, 0.1) is 11.3 Å². The maximum Gasteiger partial charge on any atom is 0.257 e. The summed E-state index contributed by atoms with van der Waals surface area (Å²) in [5.41, 5.74) is 3.26. The number of nitrogens with zero attached hydrogens (tertiary/aromatic N) is 4. The fraction of sp³-hybridized carbons (Fsp3) is 0.200. The minimum atomic E-state index is -0.268. The standard InChI is InChI=1S/C25H23N5O2/c26-17-19-7-9-23(10-8-19)29-12-3-13-30(15-14-29)25(32)20-4-1-6-22(16-20)28-24(31)21-5-2-11-27-18-21/h1-2,4-11,16,18H,3,12-15H2,(H,28,31). The van der Waals surface area contributed by atoms with E-state index < -0.39 is 0 Å². The third-order valence-corrected chi connectivity index (χ3v) is 5.44. The Balaban J connectivity index is 1.41. The molecule has 32 heavy (non-hydrogen) atoms. The van der Waals surface area contributed by atoms with Crippen molar-refractivity contribution in [2.24, 2.45) is 0 Å². The number of carbonyl (C=O) groups excluding carboxylic acids is 2. The lowest BCUT2D eigenvalue weighted by molar-refractivity contribution is 0.0766. The molecule has 0 atom stereocenters. The monoisotopic (exact) mass is 425 g/mol. The Bertz CT molecular complexity index is 1140. The third-order valence-electron chi connectivity index (χ3n) is 5.44. The third kappa shape index (κ3) is 4.93. The van der Waals surface area contributed by atoms with Crippen LogP contribution in [0.3, 0.4) is 0 Å². The molecule has 3 aromatic rings. The molecule has 1 aliphatic rings. The molecular weight excluding hydrogens is 402 g/mol. The van der Waals surface area contributed by atoms with Crippen LogP contribution in [0.2, 0.25) is 0 Å². The minimum absolute atomic E-state index is 0.0517. The molecule has 1 N–H and O–H groups in total. The van der Waals surface area contributed by atoms with Gasteiger partial charge in [-0.05, 0) is 61.0 Å². The predicted octanol–water partition coefficient (Wildman–Crippen LogP) is 3.56. The highest BCUT2D eigenvalue weighted by atomic mass is 16.2. The molecule has 2 heterocycles. The van der Waals surface area contributed by atoms with Crippen molar-refractivity contribution < 1.29 is 9.59 Å². The number of hydrogen-bond donors (Lipinski definition) is 1. The van der Waals surface area contributed by atoms with Gasteiger partial charge in [0.2, 0.25) is 0 Å². The van der Waals surface area contributed by atoms with E-state index in [0.717, 1.165) is 25.2 Å². The lowest BCUT2D eigenvalue weighted by atomic mass is 10.1. The highest BCUT2D eigenvalue weighted by Gasteiger charge is 2.21. The lowest BCUT2D eigenvalue weighted by Crippen LogP contribution is -2.35. The fourth-order valence-electron chi connectivity index (χ4n) is 3.74. The van der Waals surface area contributed by atoms with Crippen LogP contribution < -0.4 is 10.2 Å². The van der Waals surface area contributed by atoms with Crippen molar-refractivity contribution in [3.8, 4) is 6.07 Å². The number of nitrogens with one attached hydrogen (secondary N) is 1. The minimum Gasteiger partial charge on any atom is -0.370 e. The van der Waals surface area contributed by atoms with Crippen molar-refractivity contribution in [3.05, 3.63) is 89.7 Å². The Morgan fingerprint density at radius 1 is 0.938 bits per heavy atom. The number of aromatic nitrogens is 1. The van der Waals surface area contributed by atoms with Crippen LogP contribution in [0.25, 0.3) is 0 Å². The molecule has 0 unspecified atom stereocenters. The average Bonchev–Trinajstić information content (AvgIpc) is 3.11. The first-order valence-electron chi connectivity index (χ1n) is 10.5. The molecule has 2 aromatic carbocycles. The van der Waals surface area contributed by atoms with Crippen molar-refractivity contribution in [2.45, 2.75) is 6.42 Å². The summed E-state index contributed by atoms with van der Waals surface area (Å²) in [6, 6.07) is 20.1. The lowest BCUT2D eigenvalue weighted by Gasteiger charge is -2.24. The van der Waals surface area contributed by atoms with Gasteiger partial charge in [-0.2, -0.15) is 5.26 Å². The van der Waals surface area contributed by atoms with Gasteiger partial charge >= 0.3 is 0 Å². The maximum atomic E-state index is 13.1. The first-order valence-corrected chi connectivity index (χ1v) is 10.5. The average molecular weight is 425 g/mol. The summed E-state index contributed by atoms with van der Waals surface area (Å²) < 4.78 is 0. The fourth-order valence-corrected chi connectivity index (χ4v) is 3.74. The summed E-state index contributed by atoms with van der Waals surface area (Å²) in [6.07, 6.45) is 3.96. The second-order valence-corrected chi connectivity index (χ2v) is 7.57. The second-order valence-electron chi connectivity index (χ2n) is 7.57. The van der Waals surface area contributed by atoms with Crippen molar-refractivity contribution >= 4 is 23.2 Å². The molecule has 0 spiro atoms. The highest BCUT2D eigenvalue weighted by Crippen LogP contribution is 2.19. The molecule has 0 aliphatic carbocycles. The van der Waals surface area contributed by atoms with E-state index in [1.165, 1.54) is 6.20 Å².